The van der Waals surface area contributed by atoms with E-state index in [0.29, 0.717) is 17.7 Å². The lowest BCUT2D eigenvalue weighted by atomic mass is 10.0. The highest BCUT2D eigenvalue weighted by atomic mass is 16.2. The molecule has 1 amide bonds. The number of carbonyl (C=O) groups excluding carboxylic acids is 1. The number of nitrogens with zero attached hydrogens (tertiary/aromatic N) is 1. The van der Waals surface area contributed by atoms with Crippen molar-refractivity contribution in [2.75, 3.05) is 11.4 Å². The molecule has 1 heterocycles. The number of hydrogen-bond donors (Lipinski definition) is 0. The van der Waals surface area contributed by atoms with E-state index in [4.69, 9.17) is 0 Å². The third-order valence-electron chi connectivity index (χ3n) is 3.80. The minimum atomic E-state index is 0.297. The Labute approximate surface area is 96.3 Å². The van der Waals surface area contributed by atoms with Crippen LogP contribution in [-0.4, -0.2) is 12.5 Å². The van der Waals surface area contributed by atoms with Crippen LogP contribution in [0.5, 0.6) is 0 Å². The molecule has 3 rings (SSSR count). The fourth-order valence-corrected chi connectivity index (χ4v) is 2.63. The normalized spacial score (nSPS) is 27.4. The van der Waals surface area contributed by atoms with Crippen molar-refractivity contribution in [3.8, 4) is 0 Å². The van der Waals surface area contributed by atoms with Gasteiger partial charge in [0.1, 0.15) is 0 Å². The lowest BCUT2D eigenvalue weighted by molar-refractivity contribution is -0.120. The number of carbonyl (C=O) groups is 1. The largest absolute Gasteiger partial charge is 0.312 e. The molecule has 0 aromatic heterocycles. The van der Waals surface area contributed by atoms with Crippen molar-refractivity contribution in [1.29, 1.82) is 0 Å². The maximum atomic E-state index is 12.3. The van der Waals surface area contributed by atoms with E-state index in [9.17, 15) is 4.79 Å². The Morgan fingerprint density at radius 2 is 2.12 bits per heavy atom. The summed E-state index contributed by atoms with van der Waals surface area (Å²) in [6.45, 7) is 3.07. The van der Waals surface area contributed by atoms with Crippen molar-refractivity contribution < 1.29 is 4.79 Å². The Kier molecular flexibility index (Phi) is 2.23. The molecule has 0 bridgehead atoms. The van der Waals surface area contributed by atoms with E-state index in [1.54, 1.807) is 0 Å². The van der Waals surface area contributed by atoms with Gasteiger partial charge in [0.05, 0.1) is 0 Å². The smallest absolute Gasteiger partial charge is 0.230 e. The van der Waals surface area contributed by atoms with Crippen LogP contribution in [0.4, 0.5) is 5.69 Å². The Balaban J connectivity index is 1.90. The van der Waals surface area contributed by atoms with Crippen molar-refractivity contribution in [3.05, 3.63) is 29.8 Å². The Morgan fingerprint density at radius 1 is 1.38 bits per heavy atom. The molecule has 0 spiro atoms. The van der Waals surface area contributed by atoms with E-state index in [2.05, 4.69) is 25.1 Å². The summed E-state index contributed by atoms with van der Waals surface area (Å²) in [5.41, 5.74) is 2.48. The summed E-state index contributed by atoms with van der Waals surface area (Å²) in [6, 6.07) is 8.32. The van der Waals surface area contributed by atoms with Gasteiger partial charge in [0.15, 0.2) is 0 Å². The van der Waals surface area contributed by atoms with Crippen LogP contribution in [0.15, 0.2) is 24.3 Å². The van der Waals surface area contributed by atoms with Gasteiger partial charge in [-0.05, 0) is 36.8 Å². The van der Waals surface area contributed by atoms with Gasteiger partial charge in [-0.1, -0.05) is 25.1 Å². The maximum absolute atomic E-state index is 12.3. The molecule has 16 heavy (non-hydrogen) atoms. The number of hydrogen-bond acceptors (Lipinski definition) is 1. The van der Waals surface area contributed by atoms with Crippen LogP contribution in [0.25, 0.3) is 0 Å². The molecule has 1 aliphatic carbocycles. The summed E-state index contributed by atoms with van der Waals surface area (Å²) in [4.78, 5) is 14.3. The summed E-state index contributed by atoms with van der Waals surface area (Å²) < 4.78 is 0. The third-order valence-corrected chi connectivity index (χ3v) is 3.80. The minimum Gasteiger partial charge on any atom is -0.312 e. The van der Waals surface area contributed by atoms with Gasteiger partial charge in [-0.15, -0.1) is 0 Å². The highest BCUT2D eigenvalue weighted by Gasteiger charge is 2.42. The van der Waals surface area contributed by atoms with Crippen LogP contribution in [-0.2, 0) is 11.2 Å². The molecule has 1 fully saturated rings. The standard InChI is InChI=1S/C14H17NO/c1-10-9-12(10)14(16)15-8-4-6-11-5-2-3-7-13(11)15/h2-3,5,7,10,12H,4,6,8-9H2,1H3. The molecule has 0 radical (unpaired) electrons. The number of fused-ring (bicyclic) bond motifs is 1. The van der Waals surface area contributed by atoms with Crippen LogP contribution in [0.2, 0.25) is 0 Å². The second-order valence-corrected chi connectivity index (χ2v) is 5.04. The molecule has 2 nitrogen and oxygen atoms in total. The SMILES string of the molecule is CC1CC1C(=O)N1CCCc2ccccc21. The summed E-state index contributed by atoms with van der Waals surface area (Å²) in [5.74, 6) is 1.24. The molecule has 2 aliphatic rings. The van der Waals surface area contributed by atoms with E-state index in [1.807, 2.05) is 11.0 Å². The van der Waals surface area contributed by atoms with E-state index >= 15 is 0 Å². The van der Waals surface area contributed by atoms with Crippen LogP contribution in [0.3, 0.4) is 0 Å². The number of para-hydroxylation sites is 1. The molecule has 1 aromatic carbocycles. The highest BCUT2D eigenvalue weighted by molar-refractivity contribution is 5.97. The maximum Gasteiger partial charge on any atom is 0.230 e. The molecule has 1 aliphatic heterocycles. The van der Waals surface area contributed by atoms with Crippen molar-refractivity contribution in [2.24, 2.45) is 11.8 Å². The fourth-order valence-electron chi connectivity index (χ4n) is 2.63. The Hall–Kier alpha value is -1.31. The van der Waals surface area contributed by atoms with Gasteiger partial charge in [0.25, 0.3) is 0 Å². The number of rotatable bonds is 1. The third kappa shape index (κ3) is 1.53. The second-order valence-electron chi connectivity index (χ2n) is 5.04. The van der Waals surface area contributed by atoms with E-state index < -0.39 is 0 Å². The van der Waals surface area contributed by atoms with Crippen molar-refractivity contribution in [3.63, 3.8) is 0 Å². The molecular formula is C14H17NO. The summed E-state index contributed by atoms with van der Waals surface area (Å²) in [7, 11) is 0. The predicted octanol–water partition coefficient (Wildman–Crippen LogP) is 2.62. The average molecular weight is 215 g/mol. The van der Waals surface area contributed by atoms with Crippen LogP contribution in [0.1, 0.15) is 25.3 Å². The first-order valence-corrected chi connectivity index (χ1v) is 6.16. The summed E-state index contributed by atoms with van der Waals surface area (Å²) >= 11 is 0. The van der Waals surface area contributed by atoms with Gasteiger partial charge < -0.3 is 4.90 Å². The molecule has 2 heteroatoms. The molecule has 1 aromatic rings. The van der Waals surface area contributed by atoms with Gasteiger partial charge in [0.2, 0.25) is 5.91 Å². The molecular weight excluding hydrogens is 198 g/mol. The topological polar surface area (TPSA) is 20.3 Å². The second kappa shape index (κ2) is 3.62. The molecule has 1 saturated carbocycles. The molecule has 2 atom stereocenters. The lowest BCUT2D eigenvalue weighted by Crippen LogP contribution is -2.36. The number of aryl methyl sites for hydroxylation is 1. The van der Waals surface area contributed by atoms with Gasteiger partial charge in [0, 0.05) is 18.2 Å². The van der Waals surface area contributed by atoms with Gasteiger partial charge >= 0.3 is 0 Å². The Morgan fingerprint density at radius 3 is 2.88 bits per heavy atom. The highest BCUT2D eigenvalue weighted by Crippen LogP contribution is 2.41. The summed E-state index contributed by atoms with van der Waals surface area (Å²) in [6.07, 6.45) is 3.29. The van der Waals surface area contributed by atoms with Crippen LogP contribution < -0.4 is 4.90 Å². The zero-order chi connectivity index (χ0) is 11.1. The molecule has 2 unspecified atom stereocenters. The monoisotopic (exact) mass is 215 g/mol. The first-order valence-electron chi connectivity index (χ1n) is 6.16. The zero-order valence-corrected chi connectivity index (χ0v) is 9.65. The molecule has 0 N–H and O–H groups in total. The lowest BCUT2D eigenvalue weighted by Gasteiger charge is -2.29. The van der Waals surface area contributed by atoms with Crippen molar-refractivity contribution in [2.45, 2.75) is 26.2 Å². The quantitative estimate of drug-likeness (QED) is 0.705. The average Bonchev–Trinajstić information content (AvgIpc) is 3.05. The number of anilines is 1. The van der Waals surface area contributed by atoms with Gasteiger partial charge in [-0.2, -0.15) is 0 Å². The van der Waals surface area contributed by atoms with Crippen LogP contribution >= 0.6 is 0 Å². The Bertz CT molecular complexity index is 426. The first-order chi connectivity index (χ1) is 7.77. The van der Waals surface area contributed by atoms with Crippen molar-refractivity contribution in [1.82, 2.24) is 0 Å². The molecule has 0 saturated heterocycles. The molecule has 84 valence electrons. The van der Waals surface area contributed by atoms with E-state index in [0.717, 1.165) is 31.5 Å². The van der Waals surface area contributed by atoms with Gasteiger partial charge in [-0.25, -0.2) is 0 Å². The first kappa shape index (κ1) is 9.88. The van der Waals surface area contributed by atoms with E-state index in [-0.39, 0.29) is 0 Å². The number of amides is 1. The number of benzene rings is 1. The van der Waals surface area contributed by atoms with E-state index in [1.165, 1.54) is 5.56 Å². The predicted molar refractivity (Wildman–Crippen MR) is 64.4 cm³/mol. The van der Waals surface area contributed by atoms with Crippen LogP contribution in [0, 0.1) is 11.8 Å². The zero-order valence-electron chi connectivity index (χ0n) is 9.65. The fraction of sp³-hybridized carbons (Fsp3) is 0.500. The summed E-state index contributed by atoms with van der Waals surface area (Å²) in [5, 5.41) is 0. The van der Waals surface area contributed by atoms with Gasteiger partial charge in [-0.3, -0.25) is 4.79 Å². The minimum absolute atomic E-state index is 0.297. The van der Waals surface area contributed by atoms with Crippen molar-refractivity contribution >= 4 is 11.6 Å².